The molecule has 1 atom stereocenters. The molecule has 1 aliphatic carbocycles. The third-order valence-electron chi connectivity index (χ3n) is 3.21. The Morgan fingerprint density at radius 2 is 2.12 bits per heavy atom. The number of nitrogens with zero attached hydrogens (tertiary/aromatic N) is 2. The Kier molecular flexibility index (Phi) is 3.91. The predicted molar refractivity (Wildman–Crippen MR) is 66.2 cm³/mol. The average Bonchev–Trinajstić information content (AvgIpc) is 3.11. The van der Waals surface area contributed by atoms with E-state index in [2.05, 4.69) is 41.3 Å². The minimum absolute atomic E-state index is 0.578. The summed E-state index contributed by atoms with van der Waals surface area (Å²) in [6.07, 6.45) is 6.44. The molecule has 1 N–H and O–H groups in total. The third-order valence-corrected chi connectivity index (χ3v) is 3.21. The molecule has 3 heteroatoms. The van der Waals surface area contributed by atoms with Crippen LogP contribution in [0.5, 0.6) is 0 Å². The van der Waals surface area contributed by atoms with Crippen molar-refractivity contribution in [3.05, 3.63) is 30.1 Å². The molecule has 1 unspecified atom stereocenters. The average molecular weight is 219 g/mol. The number of likely N-dealkylation sites (N-methyl/N-ethyl adjacent to an activating group) is 1. The zero-order chi connectivity index (χ0) is 11.4. The molecule has 1 saturated carbocycles. The summed E-state index contributed by atoms with van der Waals surface area (Å²) in [6, 6.07) is 5.54. The lowest BCUT2D eigenvalue weighted by molar-refractivity contribution is 0.242. The van der Waals surface area contributed by atoms with Crippen molar-refractivity contribution in [3.8, 4) is 0 Å². The number of rotatable bonds is 6. The summed E-state index contributed by atoms with van der Waals surface area (Å²) in [4.78, 5) is 6.41. The fourth-order valence-corrected chi connectivity index (χ4v) is 1.71. The number of pyridine rings is 1. The van der Waals surface area contributed by atoms with Crippen LogP contribution >= 0.6 is 0 Å². The summed E-state index contributed by atoms with van der Waals surface area (Å²) in [7, 11) is 2.18. The van der Waals surface area contributed by atoms with Gasteiger partial charge in [0.15, 0.2) is 0 Å². The van der Waals surface area contributed by atoms with E-state index in [0.717, 1.165) is 19.1 Å². The van der Waals surface area contributed by atoms with Gasteiger partial charge in [-0.25, -0.2) is 0 Å². The zero-order valence-electron chi connectivity index (χ0n) is 10.2. The van der Waals surface area contributed by atoms with Gasteiger partial charge < -0.3 is 5.32 Å². The highest BCUT2D eigenvalue weighted by Gasteiger charge is 2.21. The van der Waals surface area contributed by atoms with E-state index in [-0.39, 0.29) is 0 Å². The van der Waals surface area contributed by atoms with Crippen molar-refractivity contribution >= 4 is 0 Å². The lowest BCUT2D eigenvalue weighted by Gasteiger charge is -2.25. The van der Waals surface area contributed by atoms with E-state index in [1.165, 1.54) is 18.4 Å². The zero-order valence-corrected chi connectivity index (χ0v) is 10.2. The van der Waals surface area contributed by atoms with Gasteiger partial charge in [0.1, 0.15) is 0 Å². The lowest BCUT2D eigenvalue weighted by atomic mass is 10.2. The fraction of sp³-hybridized carbons (Fsp3) is 0.615. The molecule has 2 rings (SSSR count). The van der Waals surface area contributed by atoms with Gasteiger partial charge in [0.05, 0.1) is 0 Å². The first-order chi connectivity index (χ1) is 7.75. The smallest absolute Gasteiger partial charge is 0.0271 e. The van der Waals surface area contributed by atoms with E-state index in [9.17, 15) is 0 Å². The van der Waals surface area contributed by atoms with Crippen molar-refractivity contribution in [1.29, 1.82) is 0 Å². The number of hydrogen-bond donors (Lipinski definition) is 1. The molecular weight excluding hydrogens is 198 g/mol. The minimum Gasteiger partial charge on any atom is -0.312 e. The molecule has 0 amide bonds. The first kappa shape index (κ1) is 11.6. The maximum absolute atomic E-state index is 4.03. The molecule has 0 aromatic carbocycles. The van der Waals surface area contributed by atoms with Crippen LogP contribution in [0.15, 0.2) is 24.5 Å². The molecule has 0 saturated heterocycles. The first-order valence-corrected chi connectivity index (χ1v) is 6.08. The van der Waals surface area contributed by atoms with Gasteiger partial charge in [-0.15, -0.1) is 0 Å². The summed E-state index contributed by atoms with van der Waals surface area (Å²) in [6.45, 7) is 4.36. The minimum atomic E-state index is 0.578. The van der Waals surface area contributed by atoms with E-state index in [4.69, 9.17) is 0 Å². The highest BCUT2D eigenvalue weighted by Crippen LogP contribution is 2.18. The SMILES string of the molecule is CC(CNC1CC1)N(C)Cc1ccncc1. The van der Waals surface area contributed by atoms with Crippen LogP contribution in [0.4, 0.5) is 0 Å². The first-order valence-electron chi connectivity index (χ1n) is 6.08. The number of hydrogen-bond acceptors (Lipinski definition) is 3. The third kappa shape index (κ3) is 3.58. The van der Waals surface area contributed by atoms with Crippen LogP contribution in [0.3, 0.4) is 0 Å². The van der Waals surface area contributed by atoms with E-state index in [1.54, 1.807) is 0 Å². The second-order valence-electron chi connectivity index (χ2n) is 4.80. The van der Waals surface area contributed by atoms with Crippen LogP contribution < -0.4 is 5.32 Å². The highest BCUT2D eigenvalue weighted by molar-refractivity contribution is 5.09. The number of nitrogens with one attached hydrogen (secondary N) is 1. The summed E-state index contributed by atoms with van der Waals surface area (Å²) in [5, 5.41) is 3.57. The Morgan fingerprint density at radius 3 is 2.75 bits per heavy atom. The molecule has 0 spiro atoms. The topological polar surface area (TPSA) is 28.2 Å². The molecule has 88 valence electrons. The van der Waals surface area contributed by atoms with Gasteiger partial charge in [-0.2, -0.15) is 0 Å². The fourth-order valence-electron chi connectivity index (χ4n) is 1.71. The van der Waals surface area contributed by atoms with E-state index < -0.39 is 0 Å². The summed E-state index contributed by atoms with van der Waals surface area (Å²) in [5.74, 6) is 0. The molecule has 1 aromatic rings. The van der Waals surface area contributed by atoms with Gasteiger partial charge in [0, 0.05) is 37.6 Å². The Morgan fingerprint density at radius 1 is 1.44 bits per heavy atom. The van der Waals surface area contributed by atoms with Crippen LogP contribution in [0.25, 0.3) is 0 Å². The van der Waals surface area contributed by atoms with Crippen LogP contribution in [-0.2, 0) is 6.54 Å². The summed E-state index contributed by atoms with van der Waals surface area (Å²) < 4.78 is 0. The van der Waals surface area contributed by atoms with Crippen molar-refractivity contribution < 1.29 is 0 Å². The molecule has 1 heterocycles. The molecule has 1 aromatic heterocycles. The molecule has 3 nitrogen and oxygen atoms in total. The van der Waals surface area contributed by atoms with Crippen molar-refractivity contribution in [2.75, 3.05) is 13.6 Å². The van der Waals surface area contributed by atoms with Crippen molar-refractivity contribution in [3.63, 3.8) is 0 Å². The maximum Gasteiger partial charge on any atom is 0.0271 e. The Hall–Kier alpha value is -0.930. The van der Waals surface area contributed by atoms with E-state index >= 15 is 0 Å². The maximum atomic E-state index is 4.03. The second-order valence-corrected chi connectivity index (χ2v) is 4.80. The molecule has 16 heavy (non-hydrogen) atoms. The molecule has 0 bridgehead atoms. The van der Waals surface area contributed by atoms with Crippen LogP contribution in [0.2, 0.25) is 0 Å². The normalized spacial score (nSPS) is 17.7. The largest absolute Gasteiger partial charge is 0.312 e. The van der Waals surface area contributed by atoms with Gasteiger partial charge in [-0.1, -0.05) is 0 Å². The van der Waals surface area contributed by atoms with Gasteiger partial charge in [-0.3, -0.25) is 9.88 Å². The van der Waals surface area contributed by atoms with Crippen molar-refractivity contribution in [1.82, 2.24) is 15.2 Å². The quantitative estimate of drug-likeness (QED) is 0.788. The Labute approximate surface area is 97.9 Å². The highest BCUT2D eigenvalue weighted by atomic mass is 15.1. The standard InChI is InChI=1S/C13H21N3/c1-11(9-15-13-3-4-13)16(2)10-12-5-7-14-8-6-12/h5-8,11,13,15H,3-4,9-10H2,1-2H3. The molecule has 1 fully saturated rings. The van der Waals surface area contributed by atoms with E-state index in [0.29, 0.717) is 6.04 Å². The van der Waals surface area contributed by atoms with Gasteiger partial charge in [0.2, 0.25) is 0 Å². The summed E-state index contributed by atoms with van der Waals surface area (Å²) in [5.41, 5.74) is 1.33. The van der Waals surface area contributed by atoms with Crippen LogP contribution in [0.1, 0.15) is 25.3 Å². The molecule has 1 aliphatic rings. The van der Waals surface area contributed by atoms with Crippen LogP contribution in [-0.4, -0.2) is 35.6 Å². The van der Waals surface area contributed by atoms with Gasteiger partial charge >= 0.3 is 0 Å². The monoisotopic (exact) mass is 219 g/mol. The van der Waals surface area contributed by atoms with E-state index in [1.807, 2.05) is 12.4 Å². The summed E-state index contributed by atoms with van der Waals surface area (Å²) >= 11 is 0. The number of aromatic nitrogens is 1. The Balaban J connectivity index is 1.75. The molecular formula is C13H21N3. The molecule has 0 aliphatic heterocycles. The van der Waals surface area contributed by atoms with Crippen molar-refractivity contribution in [2.24, 2.45) is 0 Å². The Bertz CT molecular complexity index is 308. The van der Waals surface area contributed by atoms with Gasteiger partial charge in [-0.05, 0) is 44.5 Å². The predicted octanol–water partition coefficient (Wildman–Crippen LogP) is 1.65. The lowest BCUT2D eigenvalue weighted by Crippen LogP contribution is -2.38. The van der Waals surface area contributed by atoms with Crippen molar-refractivity contribution in [2.45, 2.75) is 38.4 Å². The van der Waals surface area contributed by atoms with Crippen LogP contribution in [0, 0.1) is 0 Å². The van der Waals surface area contributed by atoms with Gasteiger partial charge in [0.25, 0.3) is 0 Å². The molecule has 0 radical (unpaired) electrons. The second kappa shape index (κ2) is 5.41.